The van der Waals surface area contributed by atoms with Crippen LogP contribution in [0.3, 0.4) is 0 Å². The van der Waals surface area contributed by atoms with E-state index >= 15 is 0 Å². The SMILES string of the molecule is CC(=O)CCCCC(=O)N(CC(=O)NCCO[C@@H]1O[C@@H](C)[C@@H](O)[C@@H](O)[C@@H]1O)CC(=O)NCCO[C@@H]1O[C@H](CO[C@H]2O[C@H](CO)[C@@H](O)[C@H](O)[C@@H]2O)[C@@H](O)[C@H](O[C@H]2O[C@H](CO)[C@@H](O)[C@H](O)[C@@H]2O)[C@@H]1O. The lowest BCUT2D eigenvalue weighted by Crippen LogP contribution is -2.65. The minimum absolute atomic E-state index is 0.0881. The third-order valence-electron chi connectivity index (χ3n) is 11.5. The fourth-order valence-electron chi connectivity index (χ4n) is 7.45. The van der Waals surface area contributed by atoms with E-state index in [0.29, 0.717) is 6.42 Å². The number of amides is 3. The molecule has 0 aromatic rings. The molecule has 0 bridgehead atoms. The van der Waals surface area contributed by atoms with Crippen LogP contribution in [-0.4, -0.2) is 277 Å². The molecule has 0 unspecified atom stereocenters. The van der Waals surface area contributed by atoms with Crippen LogP contribution in [0.25, 0.3) is 0 Å². The van der Waals surface area contributed by atoms with E-state index < -0.39 is 180 Å². The van der Waals surface area contributed by atoms with Crippen molar-refractivity contribution in [1.29, 1.82) is 0 Å². The first-order valence-corrected chi connectivity index (χ1v) is 21.8. The minimum atomic E-state index is -1.97. The molecule has 28 nitrogen and oxygen atoms in total. The second-order valence-electron chi connectivity index (χ2n) is 16.6. The molecule has 0 spiro atoms. The zero-order chi connectivity index (χ0) is 49.7. The van der Waals surface area contributed by atoms with Gasteiger partial charge in [-0.2, -0.15) is 0 Å². The molecule has 4 heterocycles. The van der Waals surface area contributed by atoms with E-state index in [9.17, 15) is 85.6 Å². The predicted molar refractivity (Wildman–Crippen MR) is 215 cm³/mol. The molecule has 4 rings (SSSR count). The van der Waals surface area contributed by atoms with Crippen molar-refractivity contribution < 1.29 is 123 Å². The molecule has 3 amide bonds. The third kappa shape index (κ3) is 15.6. The van der Waals surface area contributed by atoms with Gasteiger partial charge in [-0.25, -0.2) is 0 Å². The molecule has 0 saturated carbocycles. The highest BCUT2D eigenvalue weighted by Gasteiger charge is 2.52. The Bertz CT molecular complexity index is 1550. The summed E-state index contributed by atoms with van der Waals surface area (Å²) in [5.41, 5.74) is 0. The van der Waals surface area contributed by atoms with Crippen LogP contribution >= 0.6 is 0 Å². The Labute approximate surface area is 383 Å². The summed E-state index contributed by atoms with van der Waals surface area (Å²) < 4.78 is 44.0. The van der Waals surface area contributed by atoms with Crippen molar-refractivity contribution in [2.45, 2.75) is 162 Å². The number of unbranched alkanes of at least 4 members (excludes halogenated alkanes) is 1. The fourth-order valence-corrected chi connectivity index (χ4v) is 7.45. The zero-order valence-corrected chi connectivity index (χ0v) is 36.9. The van der Waals surface area contributed by atoms with E-state index in [1.807, 2.05) is 0 Å². The van der Waals surface area contributed by atoms with Crippen LogP contribution in [-0.2, 0) is 57.1 Å². The molecular formula is C39H67N3O25. The number of ether oxygens (including phenoxy) is 8. The Morgan fingerprint density at radius 2 is 0.970 bits per heavy atom. The maximum absolute atomic E-state index is 13.2. The molecule has 0 aliphatic carbocycles. The minimum Gasteiger partial charge on any atom is -0.394 e. The second kappa shape index (κ2) is 27.0. The van der Waals surface area contributed by atoms with Gasteiger partial charge in [-0.3, -0.25) is 14.4 Å². The summed E-state index contributed by atoms with van der Waals surface area (Å²) in [4.78, 5) is 51.5. The van der Waals surface area contributed by atoms with Crippen molar-refractivity contribution in [2.75, 3.05) is 59.2 Å². The molecule has 388 valence electrons. The second-order valence-corrected chi connectivity index (χ2v) is 16.6. The lowest BCUT2D eigenvalue weighted by atomic mass is 9.96. The number of aliphatic hydroxyl groups is 13. The van der Waals surface area contributed by atoms with E-state index in [2.05, 4.69) is 10.6 Å². The Hall–Kier alpha value is -2.76. The molecule has 0 radical (unpaired) electrons. The summed E-state index contributed by atoms with van der Waals surface area (Å²) in [6.45, 7) is -1.82. The molecule has 67 heavy (non-hydrogen) atoms. The Morgan fingerprint density at radius 1 is 0.522 bits per heavy atom. The van der Waals surface area contributed by atoms with Crippen molar-refractivity contribution in [3.63, 3.8) is 0 Å². The van der Waals surface area contributed by atoms with Gasteiger partial charge in [-0.1, -0.05) is 0 Å². The molecule has 4 fully saturated rings. The monoisotopic (exact) mass is 977 g/mol. The first-order valence-electron chi connectivity index (χ1n) is 21.8. The van der Waals surface area contributed by atoms with Gasteiger partial charge in [-0.15, -0.1) is 0 Å². The van der Waals surface area contributed by atoms with Crippen LogP contribution in [0.5, 0.6) is 0 Å². The number of nitrogens with one attached hydrogen (secondary N) is 2. The van der Waals surface area contributed by atoms with Crippen LogP contribution in [0, 0.1) is 0 Å². The number of aliphatic hydroxyl groups excluding tert-OH is 13. The van der Waals surface area contributed by atoms with E-state index in [1.54, 1.807) is 0 Å². The number of rotatable bonds is 24. The number of Topliss-reactive ketones (excluding diaryl/α,β-unsaturated/α-hetero) is 1. The molecule has 15 N–H and O–H groups in total. The molecule has 0 aromatic carbocycles. The maximum atomic E-state index is 13.2. The van der Waals surface area contributed by atoms with Gasteiger partial charge in [0.2, 0.25) is 17.7 Å². The van der Waals surface area contributed by atoms with Crippen LogP contribution in [0.2, 0.25) is 0 Å². The molecular weight excluding hydrogens is 910 g/mol. The molecule has 4 aliphatic heterocycles. The maximum Gasteiger partial charge on any atom is 0.239 e. The van der Waals surface area contributed by atoms with E-state index in [4.69, 9.17) is 37.9 Å². The average Bonchev–Trinajstić information content (AvgIpc) is 3.29. The summed E-state index contributed by atoms with van der Waals surface area (Å²) >= 11 is 0. The van der Waals surface area contributed by atoms with E-state index in [-0.39, 0.29) is 44.7 Å². The number of ketones is 1. The van der Waals surface area contributed by atoms with Gasteiger partial charge in [0, 0.05) is 25.9 Å². The standard InChI is InChI=1S/C39H67N3O25/c1-16(45)5-3-4-6-23(48)42(11-21(46)40-7-9-60-36-31(56)28(53)24(49)17(2)63-36)12-22(47)41-8-10-61-38-34(59)35(67-39-33(58)30(55)26(51)19(14-44)65-39)27(52)20(66-38)15-62-37-32(57)29(54)25(50)18(13-43)64-37/h17-20,24-39,43-44,49-59H,3-15H2,1-2H3,(H,40,46)(H,41,47)/t17-,18+,19+,20+,24+,25+,26+,27+,28+,29-,30-,31-,32-,33-,34-,35-,36+,37-,38+,39+/m0/s1. The van der Waals surface area contributed by atoms with E-state index in [1.165, 1.54) is 13.8 Å². The van der Waals surface area contributed by atoms with Crippen molar-refractivity contribution >= 4 is 23.5 Å². The first-order chi connectivity index (χ1) is 31.7. The largest absolute Gasteiger partial charge is 0.394 e. The van der Waals surface area contributed by atoms with Gasteiger partial charge in [0.25, 0.3) is 0 Å². The predicted octanol–water partition coefficient (Wildman–Crippen LogP) is -9.49. The van der Waals surface area contributed by atoms with Crippen molar-refractivity contribution in [3.05, 3.63) is 0 Å². The number of nitrogens with zero attached hydrogens (tertiary/aromatic N) is 1. The van der Waals surface area contributed by atoms with Crippen LogP contribution < -0.4 is 10.6 Å². The fraction of sp³-hybridized carbons (Fsp3) is 0.897. The Balaban J connectivity index is 1.36. The molecule has 20 atom stereocenters. The summed E-state index contributed by atoms with van der Waals surface area (Å²) in [7, 11) is 0. The van der Waals surface area contributed by atoms with Crippen molar-refractivity contribution in [2.24, 2.45) is 0 Å². The molecule has 28 heteroatoms. The highest BCUT2D eigenvalue weighted by Crippen LogP contribution is 2.31. The van der Waals surface area contributed by atoms with Gasteiger partial charge in [-0.05, 0) is 26.7 Å². The van der Waals surface area contributed by atoms with Gasteiger partial charge >= 0.3 is 0 Å². The van der Waals surface area contributed by atoms with Crippen LogP contribution in [0.4, 0.5) is 0 Å². The highest BCUT2D eigenvalue weighted by molar-refractivity contribution is 5.89. The topological polar surface area (TPSA) is 432 Å². The normalized spacial score (nSPS) is 39.1. The number of carbonyl (C=O) groups is 4. The van der Waals surface area contributed by atoms with Crippen LogP contribution in [0.15, 0.2) is 0 Å². The summed E-state index contributed by atoms with van der Waals surface area (Å²) in [6, 6.07) is 0. The van der Waals surface area contributed by atoms with Gasteiger partial charge in [0.15, 0.2) is 25.2 Å². The number of hydrogen-bond donors (Lipinski definition) is 15. The highest BCUT2D eigenvalue weighted by atomic mass is 16.8. The average molecular weight is 978 g/mol. The first kappa shape index (κ1) is 56.8. The van der Waals surface area contributed by atoms with Gasteiger partial charge < -0.3 is 125 Å². The van der Waals surface area contributed by atoms with Gasteiger partial charge in [0.05, 0.1) is 39.1 Å². The van der Waals surface area contributed by atoms with Crippen LogP contribution in [0.1, 0.15) is 39.5 Å². The van der Waals surface area contributed by atoms with Crippen molar-refractivity contribution in [1.82, 2.24) is 15.5 Å². The molecule has 0 aromatic heterocycles. The molecule has 4 saturated heterocycles. The van der Waals surface area contributed by atoms with Crippen molar-refractivity contribution in [3.8, 4) is 0 Å². The number of hydrogen-bond acceptors (Lipinski definition) is 25. The number of carbonyl (C=O) groups excluding carboxylic acids is 4. The van der Waals surface area contributed by atoms with Gasteiger partial charge in [0.1, 0.15) is 110 Å². The lowest BCUT2D eigenvalue weighted by molar-refractivity contribution is -0.366. The third-order valence-corrected chi connectivity index (χ3v) is 11.5. The molecule has 4 aliphatic rings. The summed E-state index contributed by atoms with van der Waals surface area (Å²) in [6.07, 6.45) is -32.3. The summed E-state index contributed by atoms with van der Waals surface area (Å²) in [5, 5.41) is 139. The smallest absolute Gasteiger partial charge is 0.239 e. The zero-order valence-electron chi connectivity index (χ0n) is 36.9. The Kier molecular flexibility index (Phi) is 22.9. The summed E-state index contributed by atoms with van der Waals surface area (Å²) in [5.74, 6) is -2.16. The Morgan fingerprint density at radius 3 is 1.49 bits per heavy atom. The van der Waals surface area contributed by atoms with E-state index in [0.717, 1.165) is 4.90 Å². The quantitative estimate of drug-likeness (QED) is 0.0399. The lowest BCUT2D eigenvalue weighted by Gasteiger charge is -2.46.